The first-order chi connectivity index (χ1) is 32.9. The molecule has 4 aromatic heterocycles. The second kappa shape index (κ2) is 18.7. The van der Waals surface area contributed by atoms with E-state index in [1.807, 2.05) is 52.0 Å². The maximum absolute atomic E-state index is 17.0. The number of hydrogen-bond acceptors (Lipinski definition) is 10. The number of carbonyl (C=O) groups excluding carboxylic acids is 4. The van der Waals surface area contributed by atoms with Gasteiger partial charge in [-0.2, -0.15) is 0 Å². The summed E-state index contributed by atoms with van der Waals surface area (Å²) in [4.78, 5) is 74.0. The van der Waals surface area contributed by atoms with Gasteiger partial charge in [0.2, 0.25) is 18.0 Å². The molecule has 3 aliphatic rings. The van der Waals surface area contributed by atoms with E-state index in [9.17, 15) is 19.2 Å². The van der Waals surface area contributed by atoms with Gasteiger partial charge in [0.25, 0.3) is 0 Å². The van der Waals surface area contributed by atoms with Crippen LogP contribution >= 0.6 is 11.3 Å². The minimum absolute atomic E-state index is 0.0987. The van der Waals surface area contributed by atoms with Crippen molar-refractivity contribution >= 4 is 46.2 Å². The number of likely N-dealkylation sites (tertiary alicyclic amines) is 2. The zero-order valence-electron chi connectivity index (χ0n) is 40.4. The largest absolute Gasteiger partial charge is 0.464 e. The van der Waals surface area contributed by atoms with Gasteiger partial charge in [-0.1, -0.05) is 54.5 Å². The molecule has 2 aromatic carbocycles. The van der Waals surface area contributed by atoms with Gasteiger partial charge in [0.05, 0.1) is 71.7 Å². The van der Waals surface area contributed by atoms with Crippen molar-refractivity contribution in [2.45, 2.75) is 110 Å². The lowest BCUT2D eigenvalue weighted by Crippen LogP contribution is -2.51. The van der Waals surface area contributed by atoms with Crippen LogP contribution in [0.5, 0.6) is 5.75 Å². The summed E-state index contributed by atoms with van der Waals surface area (Å²) < 4.78 is 35.5. The summed E-state index contributed by atoms with van der Waals surface area (Å²) in [6.07, 6.45) is 4.45. The van der Waals surface area contributed by atoms with Crippen LogP contribution in [0.15, 0.2) is 60.9 Å². The molecule has 69 heavy (non-hydrogen) atoms. The third-order valence-electron chi connectivity index (χ3n) is 13.5. The molecule has 18 heteroatoms. The summed E-state index contributed by atoms with van der Waals surface area (Å²) in [7, 11) is 2.55. The highest BCUT2D eigenvalue weighted by Gasteiger charge is 2.40. The molecule has 4 amide bonds. The van der Waals surface area contributed by atoms with Crippen molar-refractivity contribution in [3.8, 4) is 39.5 Å². The summed E-state index contributed by atoms with van der Waals surface area (Å²) in [6, 6.07) is 13.5. The molecule has 0 aliphatic carbocycles. The molecule has 5 atom stereocenters. The number of benzene rings is 2. The van der Waals surface area contributed by atoms with Gasteiger partial charge in [-0.05, 0) is 85.4 Å². The van der Waals surface area contributed by atoms with Gasteiger partial charge in [-0.25, -0.2) is 23.9 Å². The minimum atomic E-state index is -0.773. The van der Waals surface area contributed by atoms with E-state index in [2.05, 4.69) is 64.1 Å². The molecule has 0 spiro atoms. The van der Waals surface area contributed by atoms with E-state index in [-0.39, 0.29) is 41.1 Å². The Labute approximate surface area is 404 Å². The Morgan fingerprint density at radius 3 is 1.87 bits per heavy atom. The van der Waals surface area contributed by atoms with E-state index in [0.717, 1.165) is 46.3 Å². The zero-order chi connectivity index (χ0) is 49.1. The molecule has 3 aliphatic heterocycles. The fourth-order valence-corrected chi connectivity index (χ4v) is 11.0. The maximum Gasteiger partial charge on any atom is 0.407 e. The quantitative estimate of drug-likeness (QED) is 0.0980. The third kappa shape index (κ3) is 8.94. The van der Waals surface area contributed by atoms with E-state index in [1.165, 1.54) is 25.2 Å². The minimum Gasteiger partial charge on any atom is -0.464 e. The van der Waals surface area contributed by atoms with Crippen LogP contribution in [0, 0.1) is 17.7 Å². The van der Waals surface area contributed by atoms with Crippen LogP contribution in [0.1, 0.15) is 114 Å². The average Bonchev–Trinajstić information content (AvgIpc) is 4.18. The van der Waals surface area contributed by atoms with Gasteiger partial charge in [0.1, 0.15) is 35.3 Å². The van der Waals surface area contributed by atoms with Gasteiger partial charge in [0, 0.05) is 34.5 Å². The molecular weight excluding hydrogens is 902 g/mol. The fraction of sp³-hybridized carbons (Fsp3) is 0.451. The van der Waals surface area contributed by atoms with Crippen LogP contribution in [0.3, 0.4) is 0 Å². The van der Waals surface area contributed by atoms with Crippen molar-refractivity contribution in [3.63, 3.8) is 0 Å². The summed E-state index contributed by atoms with van der Waals surface area (Å²) in [5, 5.41) is 6.27. The lowest BCUT2D eigenvalue weighted by atomic mass is 9.95. The summed E-state index contributed by atoms with van der Waals surface area (Å²) in [6.45, 7) is 15.1. The van der Waals surface area contributed by atoms with E-state index >= 15 is 4.39 Å². The van der Waals surface area contributed by atoms with Gasteiger partial charge in [-0.3, -0.25) is 14.2 Å². The molecule has 6 aromatic rings. The molecule has 0 saturated carbocycles. The fourth-order valence-electron chi connectivity index (χ4n) is 9.87. The summed E-state index contributed by atoms with van der Waals surface area (Å²) in [5.41, 5.74) is 4.50. The molecule has 2 fully saturated rings. The molecule has 0 radical (unpaired) electrons. The van der Waals surface area contributed by atoms with Gasteiger partial charge in [0.15, 0.2) is 0 Å². The van der Waals surface area contributed by atoms with E-state index in [4.69, 9.17) is 24.2 Å². The topological polar surface area (TPSA) is 189 Å². The molecule has 5 unspecified atom stereocenters. The highest BCUT2D eigenvalue weighted by Crippen LogP contribution is 2.49. The number of carbonyl (C=O) groups is 4. The van der Waals surface area contributed by atoms with Crippen LogP contribution in [0.2, 0.25) is 0 Å². The standard InChI is InChI=1S/C51H60FN9O7S/c1-26(2)42(57-49(64)66-8)46(62)59-18-10-12-35(59)44-53-24-32(55-44)28-14-15-34-30(20-28)22-37-41-31(52)21-29(23-38(41)68-48(61(34)37)39-16-17-40(69-39)51(5,6)7)33-25-54-45(56-33)36-13-11-19-60(36)47(63)43(27(3)4)58-50(65)67-9/h14-17,20-27,35-36,42-43,48H,10-13,18-19H2,1-9H3,(H,53,55)(H,54,56)(H,57,64)(H,58,65). The lowest BCUT2D eigenvalue weighted by molar-refractivity contribution is -0.136. The van der Waals surface area contributed by atoms with Crippen molar-refractivity contribution in [2.24, 2.45) is 11.8 Å². The predicted molar refractivity (Wildman–Crippen MR) is 260 cm³/mol. The number of ether oxygens (including phenoxy) is 3. The van der Waals surface area contributed by atoms with Crippen LogP contribution < -0.4 is 15.4 Å². The maximum atomic E-state index is 17.0. The molecular formula is C51H60FN9O7S. The third-order valence-corrected chi connectivity index (χ3v) is 15.1. The number of aromatic amines is 2. The number of nitrogens with zero attached hydrogens (tertiary/aromatic N) is 5. The van der Waals surface area contributed by atoms with Crippen molar-refractivity contribution in [3.05, 3.63) is 88.1 Å². The number of aromatic nitrogens is 5. The van der Waals surface area contributed by atoms with Gasteiger partial charge < -0.3 is 44.6 Å². The number of fused-ring (bicyclic) bond motifs is 5. The van der Waals surface area contributed by atoms with Crippen LogP contribution in [0.25, 0.3) is 44.7 Å². The van der Waals surface area contributed by atoms with Crippen molar-refractivity contribution in [2.75, 3.05) is 27.3 Å². The average molecular weight is 962 g/mol. The van der Waals surface area contributed by atoms with Crippen LogP contribution in [0.4, 0.5) is 14.0 Å². The molecule has 4 N–H and O–H groups in total. The first kappa shape index (κ1) is 47.4. The molecule has 9 rings (SSSR count). The first-order valence-corrected chi connectivity index (χ1v) is 24.4. The number of halogens is 1. The number of hydrogen-bond donors (Lipinski definition) is 4. The van der Waals surface area contributed by atoms with Crippen LogP contribution in [-0.2, 0) is 24.5 Å². The number of nitrogens with one attached hydrogen (secondary N) is 4. The van der Waals surface area contributed by atoms with Crippen LogP contribution in [-0.4, -0.2) is 97.7 Å². The number of rotatable bonds is 11. The Balaban J connectivity index is 1.04. The second-order valence-electron chi connectivity index (χ2n) is 19.9. The molecule has 16 nitrogen and oxygen atoms in total. The SMILES string of the molecule is COC(=O)NC(C(=O)N1CCCC1c1ncc(-c2cc(F)c3c(c2)OC(c2ccc(C(C)(C)C)s2)n2c-3cc3cc(-c4cnc(C5CCCN5C(=O)C(NC(=O)OC)C(C)C)[nH]4)ccc32)[nH]1)C(C)C. The molecule has 0 bridgehead atoms. The highest BCUT2D eigenvalue weighted by atomic mass is 32.1. The Hall–Kier alpha value is -6.69. The molecule has 7 heterocycles. The highest BCUT2D eigenvalue weighted by molar-refractivity contribution is 7.12. The molecule has 2 saturated heterocycles. The monoisotopic (exact) mass is 961 g/mol. The number of methoxy groups -OCH3 is 2. The number of imidazole rings is 2. The number of thiophene rings is 1. The zero-order valence-corrected chi connectivity index (χ0v) is 41.3. The van der Waals surface area contributed by atoms with Gasteiger partial charge >= 0.3 is 12.2 Å². The lowest BCUT2D eigenvalue weighted by Gasteiger charge is -2.30. The normalized spacial score (nSPS) is 18.8. The van der Waals surface area contributed by atoms with E-state index in [1.54, 1.807) is 33.5 Å². The Morgan fingerprint density at radius 2 is 1.35 bits per heavy atom. The predicted octanol–water partition coefficient (Wildman–Crippen LogP) is 9.61. The number of amides is 4. The second-order valence-corrected chi connectivity index (χ2v) is 21.0. The van der Waals surface area contributed by atoms with E-state index < -0.39 is 36.3 Å². The van der Waals surface area contributed by atoms with Gasteiger partial charge in [-0.15, -0.1) is 11.3 Å². The Morgan fingerprint density at radius 1 is 0.783 bits per heavy atom. The smallest absolute Gasteiger partial charge is 0.407 e. The van der Waals surface area contributed by atoms with Crippen molar-refractivity contribution in [1.29, 1.82) is 0 Å². The summed E-state index contributed by atoms with van der Waals surface area (Å²) >= 11 is 1.67. The summed E-state index contributed by atoms with van der Waals surface area (Å²) in [5.74, 6) is 0.418. The van der Waals surface area contributed by atoms with Crippen molar-refractivity contribution in [1.82, 2.24) is 44.9 Å². The number of alkyl carbamates (subject to hydrolysis) is 2. The van der Waals surface area contributed by atoms with Crippen molar-refractivity contribution < 1.29 is 37.8 Å². The number of H-pyrrole nitrogens is 2. The Kier molecular flexibility index (Phi) is 12.8. The molecule has 364 valence electrons. The Bertz CT molecular complexity index is 2930. The first-order valence-electron chi connectivity index (χ1n) is 23.6. The van der Waals surface area contributed by atoms with E-state index in [0.29, 0.717) is 59.4 Å².